The summed E-state index contributed by atoms with van der Waals surface area (Å²) >= 11 is 3.52. The average molecular weight is 445 g/mol. The highest BCUT2D eigenvalue weighted by atomic mass is 79.9. The van der Waals surface area contributed by atoms with Crippen molar-refractivity contribution in [3.8, 4) is 0 Å². The van der Waals surface area contributed by atoms with E-state index in [1.807, 2.05) is 36.4 Å². The molecule has 0 bridgehead atoms. The maximum atomic E-state index is 11.7. The van der Waals surface area contributed by atoms with Gasteiger partial charge in [0.15, 0.2) is 0 Å². The molecular formula is C20H21BrN4O3. The molecule has 1 aromatic heterocycles. The molecule has 1 atom stereocenters. The van der Waals surface area contributed by atoms with E-state index in [-0.39, 0.29) is 25.5 Å². The second-order valence-electron chi connectivity index (χ2n) is 6.13. The number of benzodiazepines with no additional fused rings is 1. The Balaban J connectivity index is 2.10. The van der Waals surface area contributed by atoms with Gasteiger partial charge in [-0.15, -0.1) is 0 Å². The fourth-order valence-corrected chi connectivity index (χ4v) is 3.27. The van der Waals surface area contributed by atoms with Crippen LogP contribution in [0.3, 0.4) is 0 Å². The Morgan fingerprint density at radius 3 is 2.93 bits per heavy atom. The molecule has 0 aliphatic carbocycles. The van der Waals surface area contributed by atoms with Crippen molar-refractivity contribution in [2.75, 3.05) is 25.6 Å². The highest BCUT2D eigenvalue weighted by molar-refractivity contribution is 9.10. The van der Waals surface area contributed by atoms with Crippen molar-refractivity contribution in [1.29, 1.82) is 0 Å². The first-order valence-electron chi connectivity index (χ1n) is 8.90. The number of nitrogens with zero attached hydrogens (tertiary/aromatic N) is 3. The van der Waals surface area contributed by atoms with Crippen LogP contribution in [0.1, 0.15) is 24.1 Å². The van der Waals surface area contributed by atoms with E-state index < -0.39 is 6.04 Å². The van der Waals surface area contributed by atoms with Crippen LogP contribution in [-0.4, -0.2) is 53.9 Å². The minimum Gasteiger partial charge on any atom is -0.469 e. The number of nitrogens with one attached hydrogen (secondary N) is 1. The number of methoxy groups -OCH3 is 1. The van der Waals surface area contributed by atoms with Gasteiger partial charge in [-0.25, -0.2) is 0 Å². The van der Waals surface area contributed by atoms with Gasteiger partial charge in [0.1, 0.15) is 11.9 Å². The lowest BCUT2D eigenvalue weighted by molar-refractivity contribution is -0.140. The smallest absolute Gasteiger partial charge is 0.305 e. The number of pyridine rings is 1. The summed E-state index contributed by atoms with van der Waals surface area (Å²) < 4.78 is 5.69. The molecule has 0 spiro atoms. The lowest BCUT2D eigenvalue weighted by Gasteiger charge is -2.15. The number of aliphatic hydroxyl groups is 1. The molecule has 2 aromatic rings. The Kier molecular flexibility index (Phi) is 6.89. The topological polar surface area (TPSA) is 96.2 Å². The predicted octanol–water partition coefficient (Wildman–Crippen LogP) is 2.82. The number of amidine groups is 1. The summed E-state index contributed by atoms with van der Waals surface area (Å²) in [5.74, 6) is 0.299. The number of halogens is 1. The third-order valence-corrected chi connectivity index (χ3v) is 4.73. The number of hydrogen-bond donors (Lipinski definition) is 2. The van der Waals surface area contributed by atoms with Crippen molar-refractivity contribution < 1.29 is 14.6 Å². The van der Waals surface area contributed by atoms with E-state index in [2.05, 4.69) is 31.2 Å². The van der Waals surface area contributed by atoms with Gasteiger partial charge in [0.05, 0.1) is 31.7 Å². The number of aliphatic hydroxyl groups excluding tert-OH is 1. The summed E-state index contributed by atoms with van der Waals surface area (Å²) in [6.07, 6.45) is 2.35. The van der Waals surface area contributed by atoms with Gasteiger partial charge >= 0.3 is 5.97 Å². The van der Waals surface area contributed by atoms with Crippen molar-refractivity contribution in [3.05, 3.63) is 58.3 Å². The number of anilines is 1. The van der Waals surface area contributed by atoms with Gasteiger partial charge in [0, 0.05) is 28.3 Å². The van der Waals surface area contributed by atoms with Gasteiger partial charge in [-0.05, 0) is 36.8 Å². The number of carbonyl (C=O) groups is 1. The number of rotatable bonds is 6. The summed E-state index contributed by atoms with van der Waals surface area (Å²) in [5, 5.41) is 12.5. The number of benzene rings is 1. The van der Waals surface area contributed by atoms with E-state index in [1.165, 1.54) is 7.11 Å². The number of fused-ring (bicyclic) bond motifs is 1. The van der Waals surface area contributed by atoms with E-state index in [9.17, 15) is 9.90 Å². The van der Waals surface area contributed by atoms with E-state index in [0.717, 1.165) is 21.4 Å². The molecule has 1 aromatic carbocycles. The third-order valence-electron chi connectivity index (χ3n) is 4.24. The van der Waals surface area contributed by atoms with Gasteiger partial charge in [0.25, 0.3) is 0 Å². The molecule has 7 nitrogen and oxygen atoms in total. The predicted molar refractivity (Wildman–Crippen MR) is 112 cm³/mol. The van der Waals surface area contributed by atoms with E-state index >= 15 is 0 Å². The van der Waals surface area contributed by atoms with Gasteiger partial charge in [-0.3, -0.25) is 19.8 Å². The SMILES string of the molecule is COC(=O)CCC1N=C(c2ccccn2)c2cc(Br)ccc2NC1=NCCO. The zero-order valence-electron chi connectivity index (χ0n) is 15.4. The monoisotopic (exact) mass is 444 g/mol. The van der Waals surface area contributed by atoms with Crippen LogP contribution < -0.4 is 5.32 Å². The van der Waals surface area contributed by atoms with Gasteiger partial charge < -0.3 is 15.2 Å². The van der Waals surface area contributed by atoms with Crippen molar-refractivity contribution in [3.63, 3.8) is 0 Å². The Hall–Kier alpha value is -2.58. The van der Waals surface area contributed by atoms with Crippen LogP contribution in [0, 0.1) is 0 Å². The molecule has 0 amide bonds. The van der Waals surface area contributed by atoms with Crippen LogP contribution in [-0.2, 0) is 9.53 Å². The number of ether oxygens (including phenoxy) is 1. The maximum absolute atomic E-state index is 11.7. The van der Waals surface area contributed by atoms with E-state index in [4.69, 9.17) is 9.73 Å². The van der Waals surface area contributed by atoms with Crippen LogP contribution in [0.2, 0.25) is 0 Å². The van der Waals surface area contributed by atoms with Gasteiger partial charge in [-0.2, -0.15) is 0 Å². The summed E-state index contributed by atoms with van der Waals surface area (Å²) in [6.45, 7) is 0.177. The quantitative estimate of drug-likeness (QED) is 0.667. The second kappa shape index (κ2) is 9.57. The summed E-state index contributed by atoms with van der Waals surface area (Å²) in [5.41, 5.74) is 3.17. The molecule has 1 aliphatic heterocycles. The van der Waals surface area contributed by atoms with Crippen molar-refractivity contribution in [2.45, 2.75) is 18.9 Å². The highest BCUT2D eigenvalue weighted by Gasteiger charge is 2.25. The zero-order valence-corrected chi connectivity index (χ0v) is 17.0. The van der Waals surface area contributed by atoms with Crippen LogP contribution in [0.5, 0.6) is 0 Å². The molecule has 146 valence electrons. The minimum atomic E-state index is -0.395. The fourth-order valence-electron chi connectivity index (χ4n) is 2.91. The minimum absolute atomic E-state index is 0.0705. The normalized spacial score (nSPS) is 17.3. The molecule has 2 heterocycles. The average Bonchev–Trinajstić information content (AvgIpc) is 2.87. The first kappa shape index (κ1) is 20.2. The molecule has 0 fully saturated rings. The summed E-state index contributed by atoms with van der Waals surface area (Å²) in [4.78, 5) is 25.5. The first-order valence-corrected chi connectivity index (χ1v) is 9.70. The van der Waals surface area contributed by atoms with Gasteiger partial charge in [-0.1, -0.05) is 22.0 Å². The molecule has 8 heteroatoms. The van der Waals surface area contributed by atoms with Crippen LogP contribution in [0.15, 0.2) is 57.1 Å². The number of esters is 1. The summed E-state index contributed by atoms with van der Waals surface area (Å²) in [7, 11) is 1.37. The Bertz CT molecular complexity index is 900. The molecule has 0 saturated carbocycles. The standard InChI is InChI=1S/C20H21BrN4O3/c1-28-18(27)8-7-17-20(23-10-11-26)25-15-6-5-13(21)12-14(15)19(24-17)16-4-2-3-9-22-16/h2-6,9,12,17,26H,7-8,10-11H2,1H3,(H,23,25). The van der Waals surface area contributed by atoms with Crippen LogP contribution in [0.4, 0.5) is 5.69 Å². The maximum Gasteiger partial charge on any atom is 0.305 e. The molecule has 2 N–H and O–H groups in total. The Morgan fingerprint density at radius 1 is 1.36 bits per heavy atom. The van der Waals surface area contributed by atoms with Crippen molar-refractivity contribution >= 4 is 39.1 Å². The molecular weight excluding hydrogens is 424 g/mol. The largest absolute Gasteiger partial charge is 0.469 e. The zero-order chi connectivity index (χ0) is 19.9. The molecule has 28 heavy (non-hydrogen) atoms. The third kappa shape index (κ3) is 4.82. The van der Waals surface area contributed by atoms with Crippen LogP contribution in [0.25, 0.3) is 0 Å². The number of aromatic nitrogens is 1. The molecule has 0 radical (unpaired) electrons. The highest BCUT2D eigenvalue weighted by Crippen LogP contribution is 2.28. The Labute approximate surface area is 171 Å². The number of carbonyl (C=O) groups excluding carboxylic acids is 1. The van der Waals surface area contributed by atoms with E-state index in [1.54, 1.807) is 6.20 Å². The fraction of sp³-hybridized carbons (Fsp3) is 0.300. The number of aliphatic imine (C=N–C) groups is 2. The second-order valence-corrected chi connectivity index (χ2v) is 7.04. The molecule has 3 rings (SSSR count). The molecule has 1 unspecified atom stereocenters. The van der Waals surface area contributed by atoms with Crippen LogP contribution >= 0.6 is 15.9 Å². The Morgan fingerprint density at radius 2 is 2.21 bits per heavy atom. The summed E-state index contributed by atoms with van der Waals surface area (Å²) in [6, 6.07) is 11.1. The van der Waals surface area contributed by atoms with Gasteiger partial charge in [0.2, 0.25) is 0 Å². The number of hydrogen-bond acceptors (Lipinski definition) is 6. The van der Waals surface area contributed by atoms with Crippen molar-refractivity contribution in [1.82, 2.24) is 4.98 Å². The molecule has 0 saturated heterocycles. The lowest BCUT2D eigenvalue weighted by Crippen LogP contribution is -2.27. The van der Waals surface area contributed by atoms with E-state index in [0.29, 0.717) is 18.0 Å². The molecule has 1 aliphatic rings. The first-order chi connectivity index (χ1) is 13.6. The van der Waals surface area contributed by atoms with Crippen molar-refractivity contribution in [2.24, 2.45) is 9.98 Å². The lowest BCUT2D eigenvalue weighted by atomic mass is 10.0.